The average molecular weight is 284 g/mol. The van der Waals surface area contributed by atoms with E-state index >= 15 is 0 Å². The number of imidazole rings is 1. The van der Waals surface area contributed by atoms with Crippen molar-refractivity contribution in [3.63, 3.8) is 0 Å². The maximum atomic E-state index is 12.4. The molecule has 0 saturated carbocycles. The van der Waals surface area contributed by atoms with Gasteiger partial charge in [0.05, 0.1) is 0 Å². The van der Waals surface area contributed by atoms with Crippen molar-refractivity contribution in [2.45, 2.75) is 25.9 Å². The van der Waals surface area contributed by atoms with E-state index in [2.05, 4.69) is 15.3 Å². The molecule has 0 bridgehead atoms. The standard InChI is InChI=1S/C15H16N4O2/c1-2-12(13(20)18-15-16-7-8-17-15)19-9-10-5-3-4-6-11(10)14(19)21/h3-8,12H,2,9H2,1H3,(H2,16,17,18,20)/t12-/m1/s1. The highest BCUT2D eigenvalue weighted by Gasteiger charge is 2.35. The summed E-state index contributed by atoms with van der Waals surface area (Å²) in [4.78, 5) is 33.2. The van der Waals surface area contributed by atoms with Gasteiger partial charge in [-0.3, -0.25) is 14.9 Å². The molecule has 0 radical (unpaired) electrons. The molecule has 21 heavy (non-hydrogen) atoms. The lowest BCUT2D eigenvalue weighted by atomic mass is 10.1. The van der Waals surface area contributed by atoms with Gasteiger partial charge in [0, 0.05) is 24.5 Å². The molecule has 0 fully saturated rings. The molecule has 0 saturated heterocycles. The van der Waals surface area contributed by atoms with E-state index < -0.39 is 6.04 Å². The molecule has 2 aromatic rings. The van der Waals surface area contributed by atoms with Crippen molar-refractivity contribution in [3.05, 3.63) is 47.8 Å². The van der Waals surface area contributed by atoms with Crippen LogP contribution >= 0.6 is 0 Å². The molecule has 0 aliphatic carbocycles. The SMILES string of the molecule is CC[C@H](C(=O)Nc1ncc[nH]1)N1Cc2ccccc2C1=O. The van der Waals surface area contributed by atoms with Crippen molar-refractivity contribution < 1.29 is 9.59 Å². The second kappa shape index (κ2) is 5.40. The Kier molecular flexibility index (Phi) is 3.43. The van der Waals surface area contributed by atoms with Gasteiger partial charge in [0.2, 0.25) is 11.9 Å². The highest BCUT2D eigenvalue weighted by molar-refractivity contribution is 6.03. The summed E-state index contributed by atoms with van der Waals surface area (Å²) in [5, 5.41) is 2.70. The minimum atomic E-state index is -0.505. The normalized spacial score (nSPS) is 14.9. The first-order valence-corrected chi connectivity index (χ1v) is 6.90. The van der Waals surface area contributed by atoms with Crippen molar-refractivity contribution in [2.24, 2.45) is 0 Å². The van der Waals surface area contributed by atoms with Gasteiger partial charge in [-0.05, 0) is 18.1 Å². The predicted molar refractivity (Wildman–Crippen MR) is 77.6 cm³/mol. The molecule has 3 rings (SSSR count). The molecule has 0 unspecified atom stereocenters. The molecule has 6 heteroatoms. The summed E-state index contributed by atoms with van der Waals surface area (Å²) in [5.41, 5.74) is 1.65. The van der Waals surface area contributed by atoms with Crippen LogP contribution in [0.3, 0.4) is 0 Å². The summed E-state index contributed by atoms with van der Waals surface area (Å²) in [6, 6.07) is 6.96. The number of anilines is 1. The van der Waals surface area contributed by atoms with Crippen molar-refractivity contribution in [1.82, 2.24) is 14.9 Å². The molecule has 1 aromatic heterocycles. The predicted octanol–water partition coefficient (Wildman–Crippen LogP) is 1.78. The summed E-state index contributed by atoms with van der Waals surface area (Å²) in [6.45, 7) is 2.36. The van der Waals surface area contributed by atoms with E-state index in [9.17, 15) is 9.59 Å². The number of nitrogens with zero attached hydrogens (tertiary/aromatic N) is 2. The summed E-state index contributed by atoms with van der Waals surface area (Å²) < 4.78 is 0. The lowest BCUT2D eigenvalue weighted by Gasteiger charge is -2.25. The van der Waals surface area contributed by atoms with Crippen LogP contribution in [0.15, 0.2) is 36.7 Å². The number of amides is 2. The number of carbonyl (C=O) groups is 2. The van der Waals surface area contributed by atoms with Gasteiger partial charge >= 0.3 is 0 Å². The maximum absolute atomic E-state index is 12.4. The molecule has 0 spiro atoms. The van der Waals surface area contributed by atoms with E-state index in [4.69, 9.17) is 0 Å². The van der Waals surface area contributed by atoms with Crippen LogP contribution in [0.4, 0.5) is 5.95 Å². The molecule has 1 aliphatic heterocycles. The van der Waals surface area contributed by atoms with Crippen LogP contribution < -0.4 is 5.32 Å². The fraction of sp³-hybridized carbons (Fsp3) is 0.267. The zero-order valence-electron chi connectivity index (χ0n) is 11.7. The zero-order valence-corrected chi connectivity index (χ0v) is 11.7. The number of aromatic amines is 1. The Labute approximate surface area is 122 Å². The maximum Gasteiger partial charge on any atom is 0.255 e. The number of nitrogens with one attached hydrogen (secondary N) is 2. The van der Waals surface area contributed by atoms with Crippen LogP contribution in [0.25, 0.3) is 0 Å². The second-order valence-electron chi connectivity index (χ2n) is 4.94. The quantitative estimate of drug-likeness (QED) is 0.898. The van der Waals surface area contributed by atoms with Gasteiger partial charge < -0.3 is 9.88 Å². The Hall–Kier alpha value is -2.63. The fourth-order valence-corrected chi connectivity index (χ4v) is 2.61. The molecule has 1 aromatic carbocycles. The number of carbonyl (C=O) groups excluding carboxylic acids is 2. The molecule has 2 amide bonds. The third-order valence-corrected chi connectivity index (χ3v) is 3.65. The first-order valence-electron chi connectivity index (χ1n) is 6.90. The summed E-state index contributed by atoms with van der Waals surface area (Å²) in [6.07, 6.45) is 3.74. The van der Waals surface area contributed by atoms with E-state index in [0.717, 1.165) is 5.56 Å². The van der Waals surface area contributed by atoms with E-state index in [1.807, 2.05) is 25.1 Å². The number of aromatic nitrogens is 2. The van der Waals surface area contributed by atoms with Crippen molar-refractivity contribution in [2.75, 3.05) is 5.32 Å². The lowest BCUT2D eigenvalue weighted by molar-refractivity contribution is -0.120. The van der Waals surface area contributed by atoms with Crippen LogP contribution in [0.1, 0.15) is 29.3 Å². The van der Waals surface area contributed by atoms with Crippen molar-refractivity contribution >= 4 is 17.8 Å². The van der Waals surface area contributed by atoms with Gasteiger partial charge in [0.25, 0.3) is 5.91 Å². The van der Waals surface area contributed by atoms with Gasteiger partial charge in [0.1, 0.15) is 6.04 Å². The van der Waals surface area contributed by atoms with Crippen molar-refractivity contribution in [3.8, 4) is 0 Å². The van der Waals surface area contributed by atoms with Crippen molar-refractivity contribution in [1.29, 1.82) is 0 Å². The second-order valence-corrected chi connectivity index (χ2v) is 4.94. The smallest absolute Gasteiger partial charge is 0.255 e. The first-order chi connectivity index (χ1) is 10.2. The van der Waals surface area contributed by atoms with Crippen LogP contribution in [0.2, 0.25) is 0 Å². The van der Waals surface area contributed by atoms with E-state index in [0.29, 0.717) is 24.5 Å². The Balaban J connectivity index is 1.79. The molecule has 2 heterocycles. The molecule has 1 atom stereocenters. The molecule has 2 N–H and O–H groups in total. The topological polar surface area (TPSA) is 78.1 Å². The minimum Gasteiger partial charge on any atom is -0.331 e. The Morgan fingerprint density at radius 2 is 2.29 bits per heavy atom. The number of benzene rings is 1. The summed E-state index contributed by atoms with van der Waals surface area (Å²) in [5.74, 6) is 0.0725. The largest absolute Gasteiger partial charge is 0.331 e. The number of rotatable bonds is 4. The monoisotopic (exact) mass is 284 g/mol. The average Bonchev–Trinajstić information content (AvgIpc) is 3.10. The molecule has 108 valence electrons. The zero-order chi connectivity index (χ0) is 14.8. The summed E-state index contributed by atoms with van der Waals surface area (Å²) >= 11 is 0. The third-order valence-electron chi connectivity index (χ3n) is 3.65. The van der Waals surface area contributed by atoms with Gasteiger partial charge in [-0.25, -0.2) is 4.98 Å². The molecule has 6 nitrogen and oxygen atoms in total. The number of hydrogen-bond donors (Lipinski definition) is 2. The Morgan fingerprint density at radius 1 is 1.48 bits per heavy atom. The number of H-pyrrole nitrogens is 1. The van der Waals surface area contributed by atoms with Gasteiger partial charge in [0.15, 0.2) is 0 Å². The van der Waals surface area contributed by atoms with Crippen LogP contribution in [0, 0.1) is 0 Å². The van der Waals surface area contributed by atoms with Crippen LogP contribution in [-0.4, -0.2) is 32.7 Å². The lowest BCUT2D eigenvalue weighted by Crippen LogP contribution is -2.44. The number of fused-ring (bicyclic) bond motifs is 1. The van der Waals surface area contributed by atoms with Gasteiger partial charge in [-0.15, -0.1) is 0 Å². The minimum absolute atomic E-state index is 0.0907. The van der Waals surface area contributed by atoms with Crippen LogP contribution in [0.5, 0.6) is 0 Å². The van der Waals surface area contributed by atoms with Gasteiger partial charge in [-0.1, -0.05) is 25.1 Å². The van der Waals surface area contributed by atoms with E-state index in [1.165, 1.54) is 0 Å². The highest BCUT2D eigenvalue weighted by atomic mass is 16.2. The van der Waals surface area contributed by atoms with Crippen LogP contribution in [-0.2, 0) is 11.3 Å². The molecular formula is C15H16N4O2. The molecular weight excluding hydrogens is 268 g/mol. The van der Waals surface area contributed by atoms with Gasteiger partial charge in [-0.2, -0.15) is 0 Å². The Morgan fingerprint density at radius 3 is 2.95 bits per heavy atom. The summed E-state index contributed by atoms with van der Waals surface area (Å²) in [7, 11) is 0. The first kappa shape index (κ1) is 13.4. The fourth-order valence-electron chi connectivity index (χ4n) is 2.61. The van der Waals surface area contributed by atoms with E-state index in [-0.39, 0.29) is 11.8 Å². The van der Waals surface area contributed by atoms with E-state index in [1.54, 1.807) is 23.4 Å². The highest BCUT2D eigenvalue weighted by Crippen LogP contribution is 2.25. The number of hydrogen-bond acceptors (Lipinski definition) is 3. The Bertz CT molecular complexity index is 666. The molecule has 1 aliphatic rings. The third kappa shape index (κ3) is 2.40.